The smallest absolute Gasteiger partial charge is 0.164 e. The van der Waals surface area contributed by atoms with Crippen molar-refractivity contribution in [2.24, 2.45) is 0 Å². The molecule has 2 fully saturated rings. The topological polar surface area (TPSA) is 82.1 Å². The van der Waals surface area contributed by atoms with Gasteiger partial charge in [0.05, 0.1) is 24.6 Å². The molecule has 7 nitrogen and oxygen atoms in total. The van der Waals surface area contributed by atoms with Crippen molar-refractivity contribution in [3.63, 3.8) is 0 Å². The number of nitrogens with two attached hydrogens (primary N) is 1. The third kappa shape index (κ3) is 2.83. The van der Waals surface area contributed by atoms with Crippen LogP contribution >= 0.6 is 15.9 Å². The Kier molecular flexibility index (Phi) is 4.21. The molecule has 2 N–H and O–H groups in total. The van der Waals surface area contributed by atoms with E-state index < -0.39 is 0 Å². The zero-order valence-electron chi connectivity index (χ0n) is 13.0. The molecule has 1 aliphatic carbocycles. The maximum absolute atomic E-state index is 5.97. The average Bonchev–Trinajstić information content (AvgIpc) is 2.94. The van der Waals surface area contributed by atoms with Gasteiger partial charge in [-0.2, -0.15) is 5.10 Å². The highest BCUT2D eigenvalue weighted by Gasteiger charge is 2.29. The first-order chi connectivity index (χ1) is 11.2. The molecule has 0 radical (unpaired) electrons. The molecule has 4 rings (SSSR count). The lowest BCUT2D eigenvalue weighted by atomic mass is 9.90. The fourth-order valence-electron chi connectivity index (χ4n) is 3.82. The van der Waals surface area contributed by atoms with E-state index >= 15 is 0 Å². The molecule has 3 heterocycles. The van der Waals surface area contributed by atoms with E-state index in [9.17, 15) is 0 Å². The second-order valence-corrected chi connectivity index (χ2v) is 7.05. The van der Waals surface area contributed by atoms with Crippen molar-refractivity contribution >= 4 is 32.8 Å². The largest absolute Gasteiger partial charge is 0.383 e. The summed E-state index contributed by atoms with van der Waals surface area (Å²) in [5, 5.41) is 5.45. The van der Waals surface area contributed by atoms with Crippen molar-refractivity contribution in [3.8, 4) is 0 Å². The van der Waals surface area contributed by atoms with E-state index in [1.54, 1.807) is 0 Å². The molecule has 1 saturated carbocycles. The predicted molar refractivity (Wildman–Crippen MR) is 91.1 cm³/mol. The fraction of sp³-hybridized carbons (Fsp3) is 0.667. The van der Waals surface area contributed by atoms with Gasteiger partial charge in [0.15, 0.2) is 5.65 Å². The quantitative estimate of drug-likeness (QED) is 0.857. The SMILES string of the molecule is Nc1ncnc2c1c(Br)nn2[C@H]1CC[C@H](N2CCOCC2)CC1. The summed E-state index contributed by atoms with van der Waals surface area (Å²) in [6.45, 7) is 3.87. The molecule has 0 bridgehead atoms. The second-order valence-electron chi connectivity index (χ2n) is 6.30. The van der Waals surface area contributed by atoms with Crippen LogP contribution in [0.5, 0.6) is 0 Å². The van der Waals surface area contributed by atoms with Crippen molar-refractivity contribution < 1.29 is 4.74 Å². The van der Waals surface area contributed by atoms with Crippen LogP contribution in [0.2, 0.25) is 0 Å². The Bertz CT molecular complexity index is 691. The minimum absolute atomic E-state index is 0.385. The fourth-order valence-corrected chi connectivity index (χ4v) is 4.37. The van der Waals surface area contributed by atoms with Gasteiger partial charge in [-0.1, -0.05) is 0 Å². The lowest BCUT2D eigenvalue weighted by Gasteiger charge is -2.38. The van der Waals surface area contributed by atoms with Crippen LogP contribution in [0, 0.1) is 0 Å². The van der Waals surface area contributed by atoms with Gasteiger partial charge < -0.3 is 10.5 Å². The number of morpholine rings is 1. The molecule has 1 saturated heterocycles. The normalized spacial score (nSPS) is 26.7. The van der Waals surface area contributed by atoms with Crippen LogP contribution in [0.4, 0.5) is 5.82 Å². The van der Waals surface area contributed by atoms with E-state index in [0.717, 1.165) is 54.8 Å². The molecule has 1 aliphatic heterocycles. The van der Waals surface area contributed by atoms with E-state index in [1.165, 1.54) is 19.2 Å². The Morgan fingerprint density at radius 2 is 1.78 bits per heavy atom. The van der Waals surface area contributed by atoms with Gasteiger partial charge in [-0.15, -0.1) is 0 Å². The van der Waals surface area contributed by atoms with E-state index in [0.29, 0.717) is 17.9 Å². The van der Waals surface area contributed by atoms with E-state index in [2.05, 4.69) is 35.9 Å². The van der Waals surface area contributed by atoms with Gasteiger partial charge in [0.25, 0.3) is 0 Å². The van der Waals surface area contributed by atoms with Crippen molar-refractivity contribution in [2.75, 3.05) is 32.0 Å². The molecule has 2 aromatic rings. The zero-order valence-corrected chi connectivity index (χ0v) is 14.6. The molecule has 0 aromatic carbocycles. The highest BCUT2D eigenvalue weighted by Crippen LogP contribution is 2.35. The summed E-state index contributed by atoms with van der Waals surface area (Å²) >= 11 is 3.50. The maximum atomic E-state index is 5.97. The summed E-state index contributed by atoms with van der Waals surface area (Å²) in [6.07, 6.45) is 6.15. The average molecular weight is 381 g/mol. The number of aromatic nitrogens is 4. The summed E-state index contributed by atoms with van der Waals surface area (Å²) in [7, 11) is 0. The number of nitrogen functional groups attached to an aromatic ring is 1. The molecule has 124 valence electrons. The van der Waals surface area contributed by atoms with Gasteiger partial charge in [0, 0.05) is 19.1 Å². The standard InChI is InChI=1S/C15H21BrN6O/c16-13-12-14(17)18-9-19-15(12)22(20-13)11-3-1-10(2-4-11)21-5-7-23-8-6-21/h9-11H,1-8H2,(H2,17,18,19)/t10-,11-. The Balaban J connectivity index is 1.51. The third-order valence-electron chi connectivity index (χ3n) is 5.05. The summed E-state index contributed by atoms with van der Waals surface area (Å²) in [5.41, 5.74) is 6.80. The van der Waals surface area contributed by atoms with Crippen LogP contribution in [0.15, 0.2) is 10.9 Å². The predicted octanol–water partition coefficient (Wildman–Crippen LogP) is 1.99. The minimum atomic E-state index is 0.385. The van der Waals surface area contributed by atoms with Crippen molar-refractivity contribution in [1.29, 1.82) is 0 Å². The van der Waals surface area contributed by atoms with Crippen LogP contribution in [-0.2, 0) is 4.74 Å². The Morgan fingerprint density at radius 1 is 1.09 bits per heavy atom. The van der Waals surface area contributed by atoms with E-state index in [4.69, 9.17) is 10.5 Å². The van der Waals surface area contributed by atoms with Crippen LogP contribution in [0.3, 0.4) is 0 Å². The lowest BCUT2D eigenvalue weighted by molar-refractivity contribution is 0.00519. The Morgan fingerprint density at radius 3 is 2.52 bits per heavy atom. The van der Waals surface area contributed by atoms with Crippen LogP contribution in [0.1, 0.15) is 31.7 Å². The zero-order chi connectivity index (χ0) is 15.8. The molecule has 8 heteroatoms. The van der Waals surface area contributed by atoms with Crippen molar-refractivity contribution in [3.05, 3.63) is 10.9 Å². The van der Waals surface area contributed by atoms with E-state index in [1.807, 2.05) is 4.68 Å². The summed E-state index contributed by atoms with van der Waals surface area (Å²) in [5.74, 6) is 0.482. The van der Waals surface area contributed by atoms with Gasteiger partial charge in [-0.25, -0.2) is 14.6 Å². The summed E-state index contributed by atoms with van der Waals surface area (Å²) in [4.78, 5) is 11.0. The number of ether oxygens (including phenoxy) is 1. The Labute approximate surface area is 143 Å². The van der Waals surface area contributed by atoms with Crippen molar-refractivity contribution in [1.82, 2.24) is 24.6 Å². The number of nitrogens with zero attached hydrogens (tertiary/aromatic N) is 5. The van der Waals surface area contributed by atoms with Crippen LogP contribution in [-0.4, -0.2) is 57.0 Å². The highest BCUT2D eigenvalue weighted by atomic mass is 79.9. The minimum Gasteiger partial charge on any atom is -0.383 e. The van der Waals surface area contributed by atoms with Gasteiger partial charge in [-0.3, -0.25) is 4.90 Å². The van der Waals surface area contributed by atoms with Gasteiger partial charge in [0.1, 0.15) is 16.7 Å². The van der Waals surface area contributed by atoms with E-state index in [-0.39, 0.29) is 0 Å². The first-order valence-corrected chi connectivity index (χ1v) is 8.99. The molecular formula is C15H21BrN6O. The number of hydrogen-bond donors (Lipinski definition) is 1. The monoisotopic (exact) mass is 380 g/mol. The summed E-state index contributed by atoms with van der Waals surface area (Å²) in [6, 6.07) is 1.07. The molecule has 0 spiro atoms. The molecule has 0 atom stereocenters. The molecule has 2 aliphatic rings. The van der Waals surface area contributed by atoms with Crippen LogP contribution in [0.25, 0.3) is 11.0 Å². The van der Waals surface area contributed by atoms with Gasteiger partial charge in [0.2, 0.25) is 0 Å². The van der Waals surface area contributed by atoms with Crippen molar-refractivity contribution in [2.45, 2.75) is 37.8 Å². The molecule has 0 unspecified atom stereocenters. The summed E-state index contributed by atoms with van der Waals surface area (Å²) < 4.78 is 8.23. The highest BCUT2D eigenvalue weighted by molar-refractivity contribution is 9.10. The van der Waals surface area contributed by atoms with Gasteiger partial charge in [-0.05, 0) is 41.6 Å². The van der Waals surface area contributed by atoms with Crippen LogP contribution < -0.4 is 5.73 Å². The number of fused-ring (bicyclic) bond motifs is 1. The number of hydrogen-bond acceptors (Lipinski definition) is 6. The number of rotatable bonds is 2. The first-order valence-electron chi connectivity index (χ1n) is 8.20. The molecule has 0 amide bonds. The second kappa shape index (κ2) is 6.33. The number of anilines is 1. The molecule has 2 aromatic heterocycles. The number of halogens is 1. The lowest BCUT2D eigenvalue weighted by Crippen LogP contribution is -2.45. The third-order valence-corrected chi connectivity index (χ3v) is 5.60. The molecule has 23 heavy (non-hydrogen) atoms. The first kappa shape index (κ1) is 15.3. The maximum Gasteiger partial charge on any atom is 0.164 e. The Hall–Kier alpha value is -1.25. The van der Waals surface area contributed by atoms with Gasteiger partial charge >= 0.3 is 0 Å². The molecular weight excluding hydrogens is 360 g/mol.